The highest BCUT2D eigenvalue weighted by Gasteiger charge is 2.18. The van der Waals surface area contributed by atoms with E-state index in [1.54, 1.807) is 12.4 Å². The number of rotatable bonds is 6. The molecule has 0 bridgehead atoms. The largest absolute Gasteiger partial charge is 0.346 e. The van der Waals surface area contributed by atoms with Crippen LogP contribution in [0.15, 0.2) is 90.6 Å². The first kappa shape index (κ1) is 20.0. The van der Waals surface area contributed by atoms with Gasteiger partial charge in [0.1, 0.15) is 0 Å². The Labute approximate surface area is 189 Å². The van der Waals surface area contributed by atoms with Crippen LogP contribution in [-0.4, -0.2) is 36.3 Å². The molecule has 0 aliphatic heterocycles. The number of hydrogen-bond acceptors (Lipinski definition) is 5. The molecule has 0 unspecified atom stereocenters. The van der Waals surface area contributed by atoms with E-state index in [1.165, 1.54) is 11.8 Å². The van der Waals surface area contributed by atoms with Gasteiger partial charge in [-0.2, -0.15) is 5.10 Å². The zero-order chi connectivity index (χ0) is 21.9. The zero-order valence-electron chi connectivity index (χ0n) is 17.3. The smallest absolute Gasteiger partial charge is 0.272 e. The van der Waals surface area contributed by atoms with E-state index in [9.17, 15) is 4.79 Å². The minimum absolute atomic E-state index is 0.220. The topological polar surface area (TPSA) is 77.1 Å². The predicted molar refractivity (Wildman–Crippen MR) is 125 cm³/mol. The van der Waals surface area contributed by atoms with Gasteiger partial charge in [-0.15, -0.1) is 0 Å². The van der Waals surface area contributed by atoms with Gasteiger partial charge in [0, 0.05) is 42.5 Å². The van der Waals surface area contributed by atoms with Crippen LogP contribution in [0.3, 0.4) is 0 Å². The maximum absolute atomic E-state index is 13.1. The van der Waals surface area contributed by atoms with E-state index in [-0.39, 0.29) is 5.91 Å². The molecule has 1 aromatic carbocycles. The summed E-state index contributed by atoms with van der Waals surface area (Å²) in [7, 11) is 0. The first-order valence-corrected chi connectivity index (χ1v) is 11.3. The highest BCUT2D eigenvalue weighted by molar-refractivity contribution is 7.98. The summed E-state index contributed by atoms with van der Waals surface area (Å²) in [6, 6.07) is 19.5. The van der Waals surface area contributed by atoms with Gasteiger partial charge in [-0.25, -0.2) is 9.67 Å². The second kappa shape index (κ2) is 8.68. The third kappa shape index (κ3) is 3.76. The summed E-state index contributed by atoms with van der Waals surface area (Å²) in [5, 5.41) is 8.59. The molecule has 32 heavy (non-hydrogen) atoms. The highest BCUT2D eigenvalue weighted by Crippen LogP contribution is 2.24. The number of amides is 1. The van der Waals surface area contributed by atoms with E-state index in [1.807, 2.05) is 88.4 Å². The number of carbonyl (C=O) groups is 1. The van der Waals surface area contributed by atoms with Crippen LogP contribution in [0.1, 0.15) is 16.1 Å². The number of para-hydroxylation sites is 1. The van der Waals surface area contributed by atoms with Gasteiger partial charge in [-0.1, -0.05) is 36.0 Å². The normalized spacial score (nSPS) is 11.0. The molecular formula is C24H20N6OS. The van der Waals surface area contributed by atoms with Crippen molar-refractivity contribution in [1.29, 1.82) is 0 Å². The number of nitrogens with one attached hydrogen (secondary N) is 1. The molecule has 0 saturated carbocycles. The monoisotopic (exact) mass is 440 g/mol. The van der Waals surface area contributed by atoms with E-state index in [2.05, 4.69) is 15.3 Å². The average Bonchev–Trinajstić information content (AvgIpc) is 3.46. The fourth-order valence-corrected chi connectivity index (χ4v) is 4.12. The molecule has 5 rings (SSSR count). The first-order chi connectivity index (χ1) is 15.7. The van der Waals surface area contributed by atoms with Gasteiger partial charge in [0.15, 0.2) is 10.9 Å². The number of hydrogen-bond donors (Lipinski definition) is 1. The lowest BCUT2D eigenvalue weighted by molar-refractivity contribution is 0.0948. The number of fused-ring (bicyclic) bond motifs is 1. The molecule has 1 amide bonds. The van der Waals surface area contributed by atoms with E-state index in [0.29, 0.717) is 12.2 Å². The van der Waals surface area contributed by atoms with Crippen molar-refractivity contribution in [3.63, 3.8) is 0 Å². The van der Waals surface area contributed by atoms with Crippen LogP contribution in [0, 0.1) is 0 Å². The lowest BCUT2D eigenvalue weighted by atomic mass is 10.1. The molecular weight excluding hydrogens is 420 g/mol. The molecule has 5 aromatic rings. The minimum Gasteiger partial charge on any atom is -0.346 e. The summed E-state index contributed by atoms with van der Waals surface area (Å²) in [6.45, 7) is 0.323. The molecule has 0 saturated heterocycles. The summed E-state index contributed by atoms with van der Waals surface area (Å²) in [4.78, 5) is 21.7. The minimum atomic E-state index is -0.220. The molecule has 0 fully saturated rings. The van der Waals surface area contributed by atoms with E-state index in [4.69, 9.17) is 5.10 Å². The Bertz CT molecular complexity index is 1380. The van der Waals surface area contributed by atoms with Crippen molar-refractivity contribution in [2.75, 3.05) is 6.26 Å². The predicted octanol–water partition coefficient (Wildman–Crippen LogP) is 4.23. The molecule has 0 aliphatic rings. The summed E-state index contributed by atoms with van der Waals surface area (Å²) in [5.41, 5.74) is 4.79. The van der Waals surface area contributed by atoms with Crippen molar-refractivity contribution >= 4 is 23.2 Å². The van der Waals surface area contributed by atoms with Gasteiger partial charge < -0.3 is 5.32 Å². The molecule has 7 nitrogen and oxygen atoms in total. The van der Waals surface area contributed by atoms with Crippen molar-refractivity contribution in [2.24, 2.45) is 0 Å². The number of benzene rings is 1. The quantitative estimate of drug-likeness (QED) is 0.400. The zero-order valence-corrected chi connectivity index (χ0v) is 18.2. The average molecular weight is 441 g/mol. The fraction of sp³-hybridized carbons (Fsp3) is 0.0833. The molecule has 8 heteroatoms. The van der Waals surface area contributed by atoms with Crippen LogP contribution in [0.25, 0.3) is 22.5 Å². The molecule has 0 aliphatic carbocycles. The molecule has 4 aromatic heterocycles. The Morgan fingerprint density at radius 1 is 1.03 bits per heavy atom. The summed E-state index contributed by atoms with van der Waals surface area (Å²) >= 11 is 1.50. The van der Waals surface area contributed by atoms with Crippen LogP contribution in [0.5, 0.6) is 0 Å². The van der Waals surface area contributed by atoms with Gasteiger partial charge in [0.25, 0.3) is 5.91 Å². The van der Waals surface area contributed by atoms with E-state index in [0.717, 1.165) is 33.2 Å². The third-order valence-electron chi connectivity index (χ3n) is 5.12. The Kier molecular flexibility index (Phi) is 5.43. The number of imidazole rings is 1. The maximum Gasteiger partial charge on any atom is 0.272 e. The summed E-state index contributed by atoms with van der Waals surface area (Å²) in [6.07, 6.45) is 9.28. The molecule has 158 valence electrons. The Morgan fingerprint density at radius 3 is 2.59 bits per heavy atom. The lowest BCUT2D eigenvalue weighted by Gasteiger charge is -2.04. The summed E-state index contributed by atoms with van der Waals surface area (Å²) < 4.78 is 3.75. The van der Waals surface area contributed by atoms with Gasteiger partial charge in [0.2, 0.25) is 0 Å². The highest BCUT2D eigenvalue weighted by atomic mass is 32.2. The first-order valence-electron chi connectivity index (χ1n) is 10.1. The molecule has 0 spiro atoms. The van der Waals surface area contributed by atoms with Crippen LogP contribution < -0.4 is 5.32 Å². The lowest BCUT2D eigenvalue weighted by Crippen LogP contribution is -2.23. The molecule has 1 N–H and O–H groups in total. The molecule has 4 heterocycles. The Balaban J connectivity index is 1.46. The Hall–Kier alpha value is -3.91. The van der Waals surface area contributed by atoms with Crippen LogP contribution in [-0.2, 0) is 6.54 Å². The SMILES string of the molecule is CSc1nc(C(=O)NCc2cn(-c3ccccc3)nc2-c2ccncc2)c2ccccn12. The number of aromatic nitrogens is 5. The number of carbonyl (C=O) groups excluding carboxylic acids is 1. The van der Waals surface area contributed by atoms with Gasteiger partial charge in [-0.3, -0.25) is 14.2 Å². The standard InChI is InChI=1S/C24H20N6OS/c1-32-24-27-22(20-9-5-6-14-29(20)24)23(31)26-15-18-16-30(19-7-3-2-4-8-19)28-21(18)17-10-12-25-13-11-17/h2-14,16H,15H2,1H3,(H,26,31). The Morgan fingerprint density at radius 2 is 1.81 bits per heavy atom. The number of nitrogens with zero attached hydrogens (tertiary/aromatic N) is 5. The summed E-state index contributed by atoms with van der Waals surface area (Å²) in [5.74, 6) is -0.220. The number of pyridine rings is 2. The van der Waals surface area contributed by atoms with Crippen LogP contribution >= 0.6 is 11.8 Å². The van der Waals surface area contributed by atoms with Crippen molar-refractivity contribution in [3.05, 3.63) is 96.7 Å². The van der Waals surface area contributed by atoms with Crippen molar-refractivity contribution in [1.82, 2.24) is 29.5 Å². The van der Waals surface area contributed by atoms with Crippen molar-refractivity contribution in [3.8, 4) is 16.9 Å². The van der Waals surface area contributed by atoms with E-state index >= 15 is 0 Å². The fourth-order valence-electron chi connectivity index (χ4n) is 3.58. The van der Waals surface area contributed by atoms with Gasteiger partial charge in [-0.05, 0) is 42.7 Å². The van der Waals surface area contributed by atoms with E-state index < -0.39 is 0 Å². The third-order valence-corrected chi connectivity index (χ3v) is 5.77. The van der Waals surface area contributed by atoms with Gasteiger partial charge in [0.05, 0.1) is 16.9 Å². The van der Waals surface area contributed by atoms with Gasteiger partial charge >= 0.3 is 0 Å². The second-order valence-corrected chi connectivity index (χ2v) is 7.88. The maximum atomic E-state index is 13.1. The number of thioether (sulfide) groups is 1. The van der Waals surface area contributed by atoms with Crippen molar-refractivity contribution in [2.45, 2.75) is 11.7 Å². The van der Waals surface area contributed by atoms with Crippen LogP contribution in [0.4, 0.5) is 0 Å². The molecule has 0 atom stereocenters. The second-order valence-electron chi connectivity index (χ2n) is 7.10. The van der Waals surface area contributed by atoms with Crippen LogP contribution in [0.2, 0.25) is 0 Å². The van der Waals surface area contributed by atoms with Crippen molar-refractivity contribution < 1.29 is 4.79 Å². The molecule has 0 radical (unpaired) electrons.